The summed E-state index contributed by atoms with van der Waals surface area (Å²) in [5.74, 6) is 0.178. The number of rotatable bonds is 2. The van der Waals surface area contributed by atoms with Gasteiger partial charge in [0.2, 0.25) is 0 Å². The van der Waals surface area contributed by atoms with E-state index in [1.165, 1.54) is 17.3 Å². The predicted octanol–water partition coefficient (Wildman–Crippen LogP) is 3.10. The smallest absolute Gasteiger partial charge is 0.171 e. The second-order valence-electron chi connectivity index (χ2n) is 5.26. The van der Waals surface area contributed by atoms with Crippen molar-refractivity contribution in [3.05, 3.63) is 53.1 Å². The second-order valence-corrected chi connectivity index (χ2v) is 6.08. The molecule has 2 aromatic carbocycles. The maximum atomic E-state index is 10.1. The van der Waals surface area contributed by atoms with Crippen molar-refractivity contribution in [2.45, 2.75) is 17.2 Å². The van der Waals surface area contributed by atoms with E-state index in [1.54, 1.807) is 6.07 Å². The van der Waals surface area contributed by atoms with Gasteiger partial charge in [0, 0.05) is 12.5 Å². The van der Waals surface area contributed by atoms with E-state index in [-0.39, 0.29) is 17.4 Å². The van der Waals surface area contributed by atoms with Crippen molar-refractivity contribution in [2.24, 2.45) is 0 Å². The molecule has 1 aliphatic heterocycles. The quantitative estimate of drug-likeness (QED) is 0.589. The molecule has 0 spiro atoms. The van der Waals surface area contributed by atoms with Gasteiger partial charge in [0.25, 0.3) is 0 Å². The summed E-state index contributed by atoms with van der Waals surface area (Å²) >= 11 is 1.49. The number of hydrogen-bond donors (Lipinski definition) is 3. The highest BCUT2D eigenvalue weighted by molar-refractivity contribution is 7.98. The van der Waals surface area contributed by atoms with E-state index >= 15 is 0 Å². The fraction of sp³-hybridized carbons (Fsp3) is 0.294. The van der Waals surface area contributed by atoms with Gasteiger partial charge in [0.05, 0.1) is 4.90 Å². The number of aromatic hydroxyl groups is 2. The van der Waals surface area contributed by atoms with Crippen molar-refractivity contribution in [1.29, 1.82) is 0 Å². The topological polar surface area (TPSA) is 52.5 Å². The van der Waals surface area contributed by atoms with Crippen LogP contribution in [-0.2, 0) is 6.42 Å². The number of thioether (sulfide) groups is 1. The number of fused-ring (bicyclic) bond motifs is 1. The average molecular weight is 301 g/mol. The monoisotopic (exact) mass is 301 g/mol. The van der Waals surface area contributed by atoms with Crippen LogP contribution in [0.25, 0.3) is 0 Å². The summed E-state index contributed by atoms with van der Waals surface area (Å²) in [7, 11) is 0. The Balaban J connectivity index is 2.18. The van der Waals surface area contributed by atoms with Gasteiger partial charge < -0.3 is 15.5 Å². The fourth-order valence-corrected chi connectivity index (χ4v) is 3.80. The SMILES string of the molecule is CSc1c(O)c(O)cc2c1CCNCC2c1ccccc1. The molecule has 110 valence electrons. The zero-order chi connectivity index (χ0) is 14.8. The Morgan fingerprint density at radius 1 is 1.19 bits per heavy atom. The Morgan fingerprint density at radius 2 is 1.95 bits per heavy atom. The van der Waals surface area contributed by atoms with Gasteiger partial charge in [-0.25, -0.2) is 0 Å². The number of phenolic OH excluding ortho intramolecular Hbond substituents is 2. The lowest BCUT2D eigenvalue weighted by Gasteiger charge is -2.21. The van der Waals surface area contributed by atoms with Gasteiger partial charge in [0.15, 0.2) is 11.5 Å². The van der Waals surface area contributed by atoms with Crippen LogP contribution in [0.1, 0.15) is 22.6 Å². The molecule has 1 unspecified atom stereocenters. The van der Waals surface area contributed by atoms with Crippen LogP contribution < -0.4 is 5.32 Å². The molecule has 0 fully saturated rings. The molecule has 0 aromatic heterocycles. The van der Waals surface area contributed by atoms with E-state index in [1.807, 2.05) is 24.5 Å². The Bertz CT molecular complexity index is 643. The third kappa shape index (κ3) is 2.61. The number of hydrogen-bond acceptors (Lipinski definition) is 4. The molecule has 1 heterocycles. The summed E-state index contributed by atoms with van der Waals surface area (Å²) in [4.78, 5) is 0.801. The van der Waals surface area contributed by atoms with E-state index in [0.717, 1.165) is 35.5 Å². The molecular formula is C17H19NO2S. The lowest BCUT2D eigenvalue weighted by molar-refractivity contribution is 0.393. The summed E-state index contributed by atoms with van der Waals surface area (Å²) in [6.45, 7) is 1.73. The fourth-order valence-electron chi connectivity index (χ4n) is 3.03. The van der Waals surface area contributed by atoms with Crippen LogP contribution in [0.15, 0.2) is 41.3 Å². The highest BCUT2D eigenvalue weighted by Gasteiger charge is 2.25. The third-order valence-corrected chi connectivity index (χ3v) is 4.90. The van der Waals surface area contributed by atoms with Crippen LogP contribution in [0, 0.1) is 0 Å². The summed E-state index contributed by atoms with van der Waals surface area (Å²) in [5.41, 5.74) is 3.49. The largest absolute Gasteiger partial charge is 0.504 e. The van der Waals surface area contributed by atoms with Gasteiger partial charge in [-0.1, -0.05) is 30.3 Å². The van der Waals surface area contributed by atoms with E-state index in [0.29, 0.717) is 0 Å². The molecule has 3 rings (SSSR count). The van der Waals surface area contributed by atoms with Crippen LogP contribution in [-0.4, -0.2) is 29.6 Å². The van der Waals surface area contributed by atoms with Crippen LogP contribution in [0.5, 0.6) is 11.5 Å². The first-order chi connectivity index (χ1) is 10.2. The Hall–Kier alpha value is -1.65. The van der Waals surface area contributed by atoms with Crippen LogP contribution in [0.3, 0.4) is 0 Å². The first-order valence-corrected chi connectivity index (χ1v) is 8.32. The van der Waals surface area contributed by atoms with Crippen molar-refractivity contribution in [1.82, 2.24) is 5.32 Å². The molecule has 0 radical (unpaired) electrons. The molecule has 3 nitrogen and oxygen atoms in total. The molecule has 0 amide bonds. The van der Waals surface area contributed by atoms with Crippen LogP contribution >= 0.6 is 11.8 Å². The van der Waals surface area contributed by atoms with Crippen molar-refractivity contribution >= 4 is 11.8 Å². The van der Waals surface area contributed by atoms with E-state index in [2.05, 4.69) is 17.4 Å². The molecule has 0 saturated carbocycles. The zero-order valence-corrected chi connectivity index (χ0v) is 12.8. The molecule has 0 aliphatic carbocycles. The minimum atomic E-state index is -0.0269. The summed E-state index contributed by atoms with van der Waals surface area (Å²) in [6, 6.07) is 12.0. The molecule has 2 aromatic rings. The van der Waals surface area contributed by atoms with Gasteiger partial charge in [0.1, 0.15) is 0 Å². The van der Waals surface area contributed by atoms with Crippen LogP contribution in [0.2, 0.25) is 0 Å². The zero-order valence-electron chi connectivity index (χ0n) is 12.0. The average Bonchev–Trinajstić information content (AvgIpc) is 2.72. The van der Waals surface area contributed by atoms with Crippen molar-refractivity contribution < 1.29 is 10.2 Å². The van der Waals surface area contributed by atoms with Crippen LogP contribution in [0.4, 0.5) is 0 Å². The minimum absolute atomic E-state index is 0.00922. The highest BCUT2D eigenvalue weighted by Crippen LogP contribution is 2.43. The lowest BCUT2D eigenvalue weighted by Crippen LogP contribution is -2.20. The molecule has 21 heavy (non-hydrogen) atoms. The van der Waals surface area contributed by atoms with Gasteiger partial charge in [-0.2, -0.15) is 0 Å². The summed E-state index contributed by atoms with van der Waals surface area (Å²) in [5, 5.41) is 23.6. The first-order valence-electron chi connectivity index (χ1n) is 7.09. The van der Waals surface area contributed by atoms with Crippen molar-refractivity contribution in [3.8, 4) is 11.5 Å². The number of phenols is 2. The predicted molar refractivity (Wildman–Crippen MR) is 86.4 cm³/mol. The Labute approximate surface area is 129 Å². The van der Waals surface area contributed by atoms with Gasteiger partial charge in [-0.05, 0) is 42.0 Å². The Morgan fingerprint density at radius 3 is 2.67 bits per heavy atom. The van der Waals surface area contributed by atoms with Gasteiger partial charge in [-0.3, -0.25) is 0 Å². The van der Waals surface area contributed by atoms with E-state index in [4.69, 9.17) is 0 Å². The molecule has 0 bridgehead atoms. The molecule has 4 heteroatoms. The van der Waals surface area contributed by atoms with Crippen molar-refractivity contribution in [2.75, 3.05) is 19.3 Å². The maximum absolute atomic E-state index is 10.1. The standard InChI is InChI=1S/C17H19NO2S/c1-21-17-12-7-8-18-10-14(11-5-3-2-4-6-11)13(12)9-15(19)16(17)20/h2-6,9,14,18-20H,7-8,10H2,1H3. The normalized spacial score (nSPS) is 18.0. The second kappa shape index (κ2) is 6.00. The van der Waals surface area contributed by atoms with Gasteiger partial charge >= 0.3 is 0 Å². The number of benzene rings is 2. The van der Waals surface area contributed by atoms with Crippen molar-refractivity contribution in [3.63, 3.8) is 0 Å². The first kappa shape index (κ1) is 14.3. The third-order valence-electron chi connectivity index (χ3n) is 4.05. The number of nitrogens with one attached hydrogen (secondary N) is 1. The highest BCUT2D eigenvalue weighted by atomic mass is 32.2. The maximum Gasteiger partial charge on any atom is 0.171 e. The summed E-state index contributed by atoms with van der Waals surface area (Å²) in [6.07, 6.45) is 2.80. The lowest BCUT2D eigenvalue weighted by atomic mass is 9.87. The molecule has 1 aliphatic rings. The molecular weight excluding hydrogens is 282 g/mol. The van der Waals surface area contributed by atoms with E-state index in [9.17, 15) is 10.2 Å². The Kier molecular flexibility index (Phi) is 4.08. The summed E-state index contributed by atoms with van der Waals surface area (Å²) < 4.78 is 0. The minimum Gasteiger partial charge on any atom is -0.504 e. The molecule has 1 atom stereocenters. The molecule has 0 saturated heterocycles. The van der Waals surface area contributed by atoms with Gasteiger partial charge in [-0.15, -0.1) is 11.8 Å². The van der Waals surface area contributed by atoms with E-state index < -0.39 is 0 Å². The molecule has 3 N–H and O–H groups in total.